The maximum Gasteiger partial charge on any atom is 0.0852 e. The normalized spacial score (nSPS) is 11.0. The Labute approximate surface area is 169 Å². The molecule has 5 rings (SSSR count). The molecule has 2 heterocycles. The number of nitrogens with zero attached hydrogens (tertiary/aromatic N) is 1. The minimum absolute atomic E-state index is 1.02. The van der Waals surface area contributed by atoms with Gasteiger partial charge in [-0.15, -0.1) is 11.3 Å². The fraction of sp³-hybridized carbons (Fsp3) is 0.0385. The highest BCUT2D eigenvalue weighted by atomic mass is 32.1. The van der Waals surface area contributed by atoms with Crippen molar-refractivity contribution in [2.45, 2.75) is 6.92 Å². The molecule has 0 radical (unpaired) electrons. The van der Waals surface area contributed by atoms with E-state index in [0.717, 1.165) is 16.8 Å². The van der Waals surface area contributed by atoms with E-state index in [-0.39, 0.29) is 0 Å². The SMILES string of the molecule is Cc1c(-c2ccccc2)sc2ccc(-c3cccc(-c4ccccc4)c3)nc12. The minimum Gasteiger partial charge on any atom is -0.247 e. The maximum atomic E-state index is 5.04. The molecule has 0 atom stereocenters. The molecular weight excluding hydrogens is 358 g/mol. The lowest BCUT2D eigenvalue weighted by atomic mass is 10.0. The number of hydrogen-bond donors (Lipinski definition) is 0. The van der Waals surface area contributed by atoms with Crippen LogP contribution in [0.25, 0.3) is 43.0 Å². The van der Waals surface area contributed by atoms with Crippen LogP contribution in [0.3, 0.4) is 0 Å². The molecule has 0 spiro atoms. The Balaban J connectivity index is 1.60. The largest absolute Gasteiger partial charge is 0.247 e. The molecule has 0 saturated heterocycles. The second-order valence-corrected chi connectivity index (χ2v) is 7.96. The minimum atomic E-state index is 1.02. The summed E-state index contributed by atoms with van der Waals surface area (Å²) in [5.74, 6) is 0. The zero-order chi connectivity index (χ0) is 18.9. The third-order valence-corrected chi connectivity index (χ3v) is 6.36. The molecule has 134 valence electrons. The lowest BCUT2D eigenvalue weighted by molar-refractivity contribution is 1.38. The van der Waals surface area contributed by atoms with Gasteiger partial charge in [0.05, 0.1) is 15.9 Å². The third-order valence-electron chi connectivity index (χ3n) is 5.07. The number of thiophene rings is 1. The van der Waals surface area contributed by atoms with Crippen molar-refractivity contribution in [1.29, 1.82) is 0 Å². The first-order valence-corrected chi connectivity index (χ1v) is 10.2. The van der Waals surface area contributed by atoms with Gasteiger partial charge in [-0.05, 0) is 47.4 Å². The van der Waals surface area contributed by atoms with Crippen molar-refractivity contribution in [3.63, 3.8) is 0 Å². The summed E-state index contributed by atoms with van der Waals surface area (Å²) < 4.78 is 1.24. The number of aryl methyl sites for hydroxylation is 1. The molecule has 2 aromatic heterocycles. The lowest BCUT2D eigenvalue weighted by Gasteiger charge is -2.06. The molecule has 0 saturated carbocycles. The fourth-order valence-electron chi connectivity index (χ4n) is 3.61. The van der Waals surface area contributed by atoms with Gasteiger partial charge in [0.1, 0.15) is 0 Å². The molecule has 1 nitrogen and oxygen atoms in total. The maximum absolute atomic E-state index is 5.04. The predicted molar refractivity (Wildman–Crippen MR) is 121 cm³/mol. The van der Waals surface area contributed by atoms with Crippen LogP contribution in [0.15, 0.2) is 97.1 Å². The Morgan fingerprint density at radius 2 is 1.25 bits per heavy atom. The van der Waals surface area contributed by atoms with Crippen LogP contribution < -0.4 is 0 Å². The molecule has 2 heteroatoms. The highest BCUT2D eigenvalue weighted by Gasteiger charge is 2.13. The second-order valence-electron chi connectivity index (χ2n) is 6.91. The van der Waals surface area contributed by atoms with E-state index in [9.17, 15) is 0 Å². The smallest absolute Gasteiger partial charge is 0.0852 e. The molecule has 5 aromatic rings. The van der Waals surface area contributed by atoms with E-state index in [0.29, 0.717) is 0 Å². The van der Waals surface area contributed by atoms with Crippen LogP contribution in [0, 0.1) is 6.92 Å². The van der Waals surface area contributed by atoms with Gasteiger partial charge in [-0.25, -0.2) is 4.98 Å². The van der Waals surface area contributed by atoms with Gasteiger partial charge in [0.15, 0.2) is 0 Å². The topological polar surface area (TPSA) is 12.9 Å². The number of fused-ring (bicyclic) bond motifs is 1. The zero-order valence-corrected chi connectivity index (χ0v) is 16.4. The van der Waals surface area contributed by atoms with Crippen molar-refractivity contribution in [3.05, 3.63) is 103 Å². The molecule has 28 heavy (non-hydrogen) atoms. The molecule has 0 N–H and O–H groups in total. The van der Waals surface area contributed by atoms with Crippen molar-refractivity contribution in [1.82, 2.24) is 4.98 Å². The highest BCUT2D eigenvalue weighted by Crippen LogP contribution is 2.38. The summed E-state index contributed by atoms with van der Waals surface area (Å²) in [6, 6.07) is 34.0. The Kier molecular flexibility index (Phi) is 4.27. The number of rotatable bonds is 3. The zero-order valence-electron chi connectivity index (χ0n) is 15.6. The molecule has 3 aromatic carbocycles. The first kappa shape index (κ1) is 16.9. The third kappa shape index (κ3) is 3.02. The Bertz CT molecular complexity index is 1250. The number of benzene rings is 3. The van der Waals surface area contributed by atoms with E-state index in [2.05, 4.69) is 97.9 Å². The molecule has 0 aliphatic carbocycles. The van der Waals surface area contributed by atoms with Crippen molar-refractivity contribution in [2.75, 3.05) is 0 Å². The second kappa shape index (κ2) is 7.06. The van der Waals surface area contributed by atoms with E-state index >= 15 is 0 Å². The monoisotopic (exact) mass is 377 g/mol. The number of hydrogen-bond acceptors (Lipinski definition) is 2. The van der Waals surface area contributed by atoms with Crippen molar-refractivity contribution < 1.29 is 0 Å². The van der Waals surface area contributed by atoms with E-state index in [1.165, 1.54) is 31.8 Å². The Morgan fingerprint density at radius 3 is 2.00 bits per heavy atom. The van der Waals surface area contributed by atoms with Gasteiger partial charge in [-0.1, -0.05) is 78.9 Å². The highest BCUT2D eigenvalue weighted by molar-refractivity contribution is 7.22. The molecule has 0 amide bonds. The lowest BCUT2D eigenvalue weighted by Crippen LogP contribution is -1.86. The summed E-state index contributed by atoms with van der Waals surface area (Å²) in [7, 11) is 0. The summed E-state index contributed by atoms with van der Waals surface area (Å²) in [4.78, 5) is 6.34. The summed E-state index contributed by atoms with van der Waals surface area (Å²) in [6.07, 6.45) is 0. The van der Waals surface area contributed by atoms with E-state index < -0.39 is 0 Å². The van der Waals surface area contributed by atoms with Gasteiger partial charge >= 0.3 is 0 Å². The molecule has 0 aliphatic rings. The molecule has 0 aliphatic heterocycles. The van der Waals surface area contributed by atoms with Gasteiger partial charge in [-0.3, -0.25) is 0 Å². The summed E-state index contributed by atoms with van der Waals surface area (Å²) in [5.41, 5.74) is 8.23. The van der Waals surface area contributed by atoms with Crippen molar-refractivity contribution >= 4 is 21.6 Å². The fourth-order valence-corrected chi connectivity index (χ4v) is 4.76. The van der Waals surface area contributed by atoms with Crippen LogP contribution in [0.5, 0.6) is 0 Å². The quantitative estimate of drug-likeness (QED) is 0.315. The van der Waals surface area contributed by atoms with Gasteiger partial charge in [0, 0.05) is 10.4 Å². The Morgan fingerprint density at radius 1 is 0.607 bits per heavy atom. The molecule has 0 unspecified atom stereocenters. The average molecular weight is 378 g/mol. The van der Waals surface area contributed by atoms with Crippen LogP contribution in [0.4, 0.5) is 0 Å². The summed E-state index contributed by atoms with van der Waals surface area (Å²) in [6.45, 7) is 2.18. The average Bonchev–Trinajstić information content (AvgIpc) is 3.11. The van der Waals surface area contributed by atoms with Crippen LogP contribution in [0.1, 0.15) is 5.56 Å². The van der Waals surface area contributed by atoms with Crippen molar-refractivity contribution in [2.24, 2.45) is 0 Å². The van der Waals surface area contributed by atoms with Gasteiger partial charge < -0.3 is 0 Å². The predicted octanol–water partition coefficient (Wildman–Crippen LogP) is 7.61. The van der Waals surface area contributed by atoms with Gasteiger partial charge in [-0.2, -0.15) is 0 Å². The summed E-state index contributed by atoms with van der Waals surface area (Å²) in [5, 5.41) is 0. The summed E-state index contributed by atoms with van der Waals surface area (Å²) >= 11 is 1.82. The number of aromatic nitrogens is 1. The van der Waals surface area contributed by atoms with Crippen LogP contribution in [-0.4, -0.2) is 4.98 Å². The van der Waals surface area contributed by atoms with E-state index in [4.69, 9.17) is 4.98 Å². The standard InChI is InChI=1S/C26H19NS/c1-18-25-24(28-26(18)20-11-6-3-7-12-20)16-15-23(27-25)22-14-8-13-21(17-22)19-9-4-2-5-10-19/h2-17H,1H3. The van der Waals surface area contributed by atoms with Crippen LogP contribution in [-0.2, 0) is 0 Å². The van der Waals surface area contributed by atoms with Gasteiger partial charge in [0.25, 0.3) is 0 Å². The van der Waals surface area contributed by atoms with Gasteiger partial charge in [0.2, 0.25) is 0 Å². The van der Waals surface area contributed by atoms with Crippen LogP contribution >= 0.6 is 11.3 Å². The Hall–Kier alpha value is -3.23. The van der Waals surface area contributed by atoms with Crippen LogP contribution in [0.2, 0.25) is 0 Å². The molecular formula is C26H19NS. The van der Waals surface area contributed by atoms with E-state index in [1.807, 2.05) is 17.4 Å². The van der Waals surface area contributed by atoms with E-state index in [1.54, 1.807) is 0 Å². The number of pyridine rings is 1. The first-order valence-electron chi connectivity index (χ1n) is 9.41. The molecule has 0 bridgehead atoms. The molecule has 0 fully saturated rings. The van der Waals surface area contributed by atoms with Crippen molar-refractivity contribution in [3.8, 4) is 32.8 Å². The first-order chi connectivity index (χ1) is 13.8.